The van der Waals surface area contributed by atoms with Crippen LogP contribution in [0.3, 0.4) is 0 Å². The van der Waals surface area contributed by atoms with Crippen LogP contribution in [0.2, 0.25) is 0 Å². The van der Waals surface area contributed by atoms with Gasteiger partial charge in [-0.1, -0.05) is 24.3 Å². The summed E-state index contributed by atoms with van der Waals surface area (Å²) in [5, 5.41) is 0. The molecule has 2 aromatic rings. The van der Waals surface area contributed by atoms with Gasteiger partial charge in [0, 0.05) is 0 Å². The molecule has 0 aliphatic carbocycles. The topological polar surface area (TPSA) is 48.1 Å². The molecule has 2 heterocycles. The van der Waals surface area contributed by atoms with Crippen LogP contribution in [0.15, 0.2) is 48.5 Å². The highest BCUT2D eigenvalue weighted by molar-refractivity contribution is 6.07. The van der Waals surface area contributed by atoms with Crippen molar-refractivity contribution in [2.24, 2.45) is 0 Å². The molecule has 1 spiro atoms. The summed E-state index contributed by atoms with van der Waals surface area (Å²) in [7, 11) is 1.62. The average molecular weight is 282 g/mol. The Morgan fingerprint density at radius 3 is 2.67 bits per heavy atom. The zero-order valence-electron chi connectivity index (χ0n) is 11.5. The number of benzene rings is 2. The largest absolute Gasteiger partial charge is 0.497 e. The van der Waals surface area contributed by atoms with Gasteiger partial charge in [0.05, 0.1) is 12.7 Å². The molecule has 0 amide bonds. The van der Waals surface area contributed by atoms with Crippen molar-refractivity contribution in [2.45, 2.75) is 11.7 Å². The molecule has 21 heavy (non-hydrogen) atoms. The van der Waals surface area contributed by atoms with Crippen LogP contribution in [0.5, 0.6) is 11.5 Å². The molecule has 2 aliphatic rings. The molecule has 0 bridgehead atoms. The van der Waals surface area contributed by atoms with Crippen LogP contribution in [0.4, 0.5) is 0 Å². The smallest absolute Gasteiger partial charge is 0.205 e. The Morgan fingerprint density at radius 2 is 1.90 bits per heavy atom. The van der Waals surface area contributed by atoms with E-state index in [4.69, 9.17) is 14.2 Å². The number of ether oxygens (including phenoxy) is 3. The minimum atomic E-state index is -0.858. The zero-order chi connectivity index (χ0) is 14.4. The van der Waals surface area contributed by atoms with E-state index >= 15 is 0 Å². The van der Waals surface area contributed by atoms with Crippen molar-refractivity contribution in [2.75, 3.05) is 13.7 Å². The third-order valence-electron chi connectivity index (χ3n) is 4.07. The molecule has 2 aliphatic heterocycles. The molecule has 2 atom stereocenters. The van der Waals surface area contributed by atoms with E-state index in [0.717, 1.165) is 11.3 Å². The molecule has 0 saturated carbocycles. The Morgan fingerprint density at radius 1 is 1.14 bits per heavy atom. The van der Waals surface area contributed by atoms with Gasteiger partial charge >= 0.3 is 0 Å². The number of carbonyl (C=O) groups excluding carboxylic acids is 1. The number of fused-ring (bicyclic) bond motifs is 1. The second-order valence-electron chi connectivity index (χ2n) is 5.27. The molecule has 1 fully saturated rings. The summed E-state index contributed by atoms with van der Waals surface area (Å²) in [4.78, 5) is 12.7. The summed E-state index contributed by atoms with van der Waals surface area (Å²) in [5.41, 5.74) is 0.704. The third kappa shape index (κ3) is 1.76. The van der Waals surface area contributed by atoms with Crippen LogP contribution in [-0.4, -0.2) is 25.1 Å². The predicted octanol–water partition coefficient (Wildman–Crippen LogP) is 2.78. The normalized spacial score (nSPS) is 26.1. The third-order valence-corrected chi connectivity index (χ3v) is 4.07. The van der Waals surface area contributed by atoms with Crippen LogP contribution < -0.4 is 9.47 Å². The average Bonchev–Trinajstić information content (AvgIpc) is 3.27. The van der Waals surface area contributed by atoms with Crippen molar-refractivity contribution in [3.63, 3.8) is 0 Å². The summed E-state index contributed by atoms with van der Waals surface area (Å²) >= 11 is 0. The fourth-order valence-electron chi connectivity index (χ4n) is 2.83. The Bertz CT molecular complexity index is 707. The van der Waals surface area contributed by atoms with E-state index in [9.17, 15) is 4.79 Å². The lowest BCUT2D eigenvalue weighted by atomic mass is 9.89. The predicted molar refractivity (Wildman–Crippen MR) is 75.8 cm³/mol. The van der Waals surface area contributed by atoms with E-state index in [1.165, 1.54) is 0 Å². The molecule has 4 heteroatoms. The number of hydrogen-bond acceptors (Lipinski definition) is 4. The highest BCUT2D eigenvalue weighted by Crippen LogP contribution is 2.54. The Balaban J connectivity index is 1.64. The molecule has 106 valence electrons. The number of ketones is 1. The van der Waals surface area contributed by atoms with Gasteiger partial charge in [-0.25, -0.2) is 0 Å². The number of epoxide rings is 1. The van der Waals surface area contributed by atoms with Gasteiger partial charge in [-0.15, -0.1) is 0 Å². The highest BCUT2D eigenvalue weighted by atomic mass is 16.6. The minimum absolute atomic E-state index is 0.00479. The molecular formula is C17H14O4. The molecule has 0 unspecified atom stereocenters. The Kier molecular flexibility index (Phi) is 2.56. The summed E-state index contributed by atoms with van der Waals surface area (Å²) in [6.07, 6.45) is -0.246. The number of hydrogen-bond donors (Lipinski definition) is 0. The van der Waals surface area contributed by atoms with Crippen molar-refractivity contribution < 1.29 is 19.0 Å². The number of para-hydroxylation sites is 1. The second-order valence-corrected chi connectivity index (χ2v) is 5.27. The SMILES string of the molecule is COc1ccc([C@@H]2O[C@@]23COc2ccccc2C3=O)cc1. The summed E-state index contributed by atoms with van der Waals surface area (Å²) in [6, 6.07) is 14.9. The maximum absolute atomic E-state index is 12.7. The fourth-order valence-corrected chi connectivity index (χ4v) is 2.83. The van der Waals surface area contributed by atoms with Crippen molar-refractivity contribution in [1.29, 1.82) is 0 Å². The zero-order valence-corrected chi connectivity index (χ0v) is 11.5. The van der Waals surface area contributed by atoms with Gasteiger partial charge in [-0.05, 0) is 29.8 Å². The van der Waals surface area contributed by atoms with E-state index in [-0.39, 0.29) is 18.5 Å². The quantitative estimate of drug-likeness (QED) is 0.795. The molecule has 4 rings (SSSR count). The minimum Gasteiger partial charge on any atom is -0.497 e. The molecule has 1 saturated heterocycles. The van der Waals surface area contributed by atoms with Crippen molar-refractivity contribution in [3.05, 3.63) is 59.7 Å². The van der Waals surface area contributed by atoms with Crippen LogP contribution >= 0.6 is 0 Å². The lowest BCUT2D eigenvalue weighted by Crippen LogP contribution is -2.37. The molecular weight excluding hydrogens is 268 g/mol. The number of rotatable bonds is 2. The molecule has 2 aromatic carbocycles. The summed E-state index contributed by atoms with van der Waals surface area (Å²) in [6.45, 7) is 0.263. The molecule has 0 N–H and O–H groups in total. The first kappa shape index (κ1) is 12.4. The standard InChI is InChI=1S/C17H14O4/c1-19-12-8-6-11(7-9-12)16-17(21-16)10-20-14-5-3-2-4-13(14)15(17)18/h2-9,16H,10H2,1H3/t16-,17+/m0/s1. The first-order valence-electron chi connectivity index (χ1n) is 6.83. The lowest BCUT2D eigenvalue weighted by Gasteiger charge is -2.21. The van der Waals surface area contributed by atoms with Crippen molar-refractivity contribution in [3.8, 4) is 11.5 Å². The molecule has 0 radical (unpaired) electrons. The first-order chi connectivity index (χ1) is 10.2. The van der Waals surface area contributed by atoms with Gasteiger partial charge in [0.25, 0.3) is 0 Å². The Labute approximate surface area is 122 Å². The first-order valence-corrected chi connectivity index (χ1v) is 6.83. The van der Waals surface area contributed by atoms with E-state index in [1.54, 1.807) is 13.2 Å². The van der Waals surface area contributed by atoms with E-state index < -0.39 is 5.60 Å². The van der Waals surface area contributed by atoms with Crippen LogP contribution in [0, 0.1) is 0 Å². The van der Waals surface area contributed by atoms with Crippen LogP contribution in [0.25, 0.3) is 0 Å². The number of methoxy groups -OCH3 is 1. The van der Waals surface area contributed by atoms with Crippen molar-refractivity contribution >= 4 is 5.78 Å². The van der Waals surface area contributed by atoms with E-state index in [1.807, 2.05) is 42.5 Å². The Hall–Kier alpha value is -2.33. The lowest BCUT2D eigenvalue weighted by molar-refractivity contribution is 0.0755. The summed E-state index contributed by atoms with van der Waals surface area (Å²) in [5.74, 6) is 1.42. The van der Waals surface area contributed by atoms with Gasteiger partial charge in [-0.2, -0.15) is 0 Å². The van der Waals surface area contributed by atoms with E-state index in [2.05, 4.69) is 0 Å². The van der Waals surface area contributed by atoms with Crippen LogP contribution in [-0.2, 0) is 4.74 Å². The number of carbonyl (C=O) groups is 1. The van der Waals surface area contributed by atoms with Gasteiger partial charge in [0.15, 0.2) is 5.60 Å². The van der Waals surface area contributed by atoms with Crippen molar-refractivity contribution in [1.82, 2.24) is 0 Å². The maximum atomic E-state index is 12.7. The van der Waals surface area contributed by atoms with Gasteiger partial charge in [0.1, 0.15) is 24.2 Å². The van der Waals surface area contributed by atoms with Crippen LogP contribution in [0.1, 0.15) is 22.0 Å². The van der Waals surface area contributed by atoms with Gasteiger partial charge < -0.3 is 14.2 Å². The fraction of sp³-hybridized carbons (Fsp3) is 0.235. The molecule has 4 nitrogen and oxygen atoms in total. The highest BCUT2D eigenvalue weighted by Gasteiger charge is 2.65. The maximum Gasteiger partial charge on any atom is 0.205 e. The van der Waals surface area contributed by atoms with Gasteiger partial charge in [0.2, 0.25) is 5.78 Å². The number of Topliss-reactive ketones (excluding diaryl/α,β-unsaturated/α-hetero) is 1. The second kappa shape index (κ2) is 4.33. The monoisotopic (exact) mass is 282 g/mol. The van der Waals surface area contributed by atoms with E-state index in [0.29, 0.717) is 11.3 Å². The molecule has 0 aromatic heterocycles. The summed E-state index contributed by atoms with van der Waals surface area (Å²) < 4.78 is 16.6. The van der Waals surface area contributed by atoms with Gasteiger partial charge in [-0.3, -0.25) is 4.79 Å².